The molecule has 2 N–H and O–H groups in total. The lowest BCUT2D eigenvalue weighted by Crippen LogP contribution is -2.41. The largest absolute Gasteiger partial charge is 0.490 e. The highest BCUT2D eigenvalue weighted by Gasteiger charge is 2.30. The second kappa shape index (κ2) is 6.62. The number of benzene rings is 2. The summed E-state index contributed by atoms with van der Waals surface area (Å²) in [7, 11) is -3.60. The van der Waals surface area contributed by atoms with Crippen molar-refractivity contribution in [1.29, 1.82) is 0 Å². The summed E-state index contributed by atoms with van der Waals surface area (Å²) in [6.45, 7) is 0.809. The third-order valence-corrected chi connectivity index (χ3v) is 6.47. The summed E-state index contributed by atoms with van der Waals surface area (Å²) >= 11 is 0. The minimum absolute atomic E-state index is 0.00681. The van der Waals surface area contributed by atoms with Crippen LogP contribution in [0.1, 0.15) is 12.8 Å². The number of ether oxygens (including phenoxy) is 1. The van der Waals surface area contributed by atoms with Crippen molar-refractivity contribution < 1.29 is 13.2 Å². The lowest BCUT2D eigenvalue weighted by atomic mass is 10.1. The first-order valence-electron chi connectivity index (χ1n) is 8.46. The lowest BCUT2D eigenvalue weighted by molar-refractivity contribution is 0.135. The van der Waals surface area contributed by atoms with Crippen molar-refractivity contribution in [3.05, 3.63) is 59.0 Å². The molecule has 136 valence electrons. The highest BCUT2D eigenvalue weighted by molar-refractivity contribution is 7.89. The number of hydrogen-bond acceptors (Lipinski definition) is 4. The van der Waals surface area contributed by atoms with Gasteiger partial charge in [-0.1, -0.05) is 18.2 Å². The van der Waals surface area contributed by atoms with E-state index in [0.717, 1.165) is 5.75 Å². The molecule has 1 aliphatic heterocycles. The first-order valence-corrected chi connectivity index (χ1v) is 9.90. The molecular weight excluding hydrogens is 354 g/mol. The van der Waals surface area contributed by atoms with Gasteiger partial charge in [-0.25, -0.2) is 13.2 Å². The molecule has 0 radical (unpaired) electrons. The number of hydrogen-bond donors (Lipinski definition) is 2. The Morgan fingerprint density at radius 1 is 0.962 bits per heavy atom. The topological polar surface area (TPSA) is 95.3 Å². The van der Waals surface area contributed by atoms with Gasteiger partial charge in [0, 0.05) is 13.1 Å². The van der Waals surface area contributed by atoms with Gasteiger partial charge in [0.2, 0.25) is 10.0 Å². The number of aromatic nitrogens is 2. The van der Waals surface area contributed by atoms with Gasteiger partial charge >= 0.3 is 5.69 Å². The van der Waals surface area contributed by atoms with Crippen LogP contribution in [0.4, 0.5) is 0 Å². The minimum Gasteiger partial charge on any atom is -0.490 e. The lowest BCUT2D eigenvalue weighted by Gasteiger charge is -2.31. The van der Waals surface area contributed by atoms with Crippen LogP contribution in [-0.4, -0.2) is 41.9 Å². The van der Waals surface area contributed by atoms with Crippen molar-refractivity contribution in [3.63, 3.8) is 0 Å². The molecule has 7 nitrogen and oxygen atoms in total. The first-order chi connectivity index (χ1) is 12.5. The van der Waals surface area contributed by atoms with Crippen LogP contribution in [0.2, 0.25) is 0 Å². The number of fused-ring (bicyclic) bond motifs is 1. The summed E-state index contributed by atoms with van der Waals surface area (Å²) in [6, 6.07) is 14.2. The van der Waals surface area contributed by atoms with E-state index >= 15 is 0 Å². The average Bonchev–Trinajstić information content (AvgIpc) is 3.02. The zero-order chi connectivity index (χ0) is 18.1. The maximum atomic E-state index is 12.9. The fourth-order valence-corrected chi connectivity index (χ4v) is 4.70. The molecule has 2 heterocycles. The fraction of sp³-hybridized carbons (Fsp3) is 0.278. The van der Waals surface area contributed by atoms with Gasteiger partial charge in [-0.15, -0.1) is 0 Å². The number of aromatic amines is 2. The molecule has 0 saturated carbocycles. The van der Waals surface area contributed by atoms with Gasteiger partial charge < -0.3 is 14.7 Å². The van der Waals surface area contributed by atoms with Crippen LogP contribution in [0.25, 0.3) is 11.0 Å². The van der Waals surface area contributed by atoms with E-state index in [1.54, 1.807) is 6.07 Å². The summed E-state index contributed by atoms with van der Waals surface area (Å²) in [4.78, 5) is 16.7. The SMILES string of the molecule is O=c1[nH]c2ccc(S(=O)(=O)N3CCC(Oc4ccccc4)CC3)cc2[nH]1. The Bertz CT molecular complexity index is 1060. The van der Waals surface area contributed by atoms with Crippen LogP contribution in [0.5, 0.6) is 5.75 Å². The van der Waals surface area contributed by atoms with Crippen LogP contribution in [0.3, 0.4) is 0 Å². The first kappa shape index (κ1) is 16.9. The predicted molar refractivity (Wildman–Crippen MR) is 97.8 cm³/mol. The van der Waals surface area contributed by atoms with Crippen LogP contribution >= 0.6 is 0 Å². The molecule has 4 rings (SSSR count). The molecule has 1 aliphatic rings. The number of nitrogens with one attached hydrogen (secondary N) is 2. The summed E-state index contributed by atoms with van der Waals surface area (Å²) in [6.07, 6.45) is 1.28. The second-order valence-electron chi connectivity index (χ2n) is 6.32. The average molecular weight is 373 g/mol. The smallest absolute Gasteiger partial charge is 0.323 e. The minimum atomic E-state index is -3.60. The molecule has 1 fully saturated rings. The molecule has 8 heteroatoms. The summed E-state index contributed by atoms with van der Waals surface area (Å²) in [5, 5.41) is 0. The third-order valence-electron chi connectivity index (χ3n) is 4.57. The molecule has 0 aliphatic carbocycles. The molecule has 3 aromatic rings. The zero-order valence-corrected chi connectivity index (χ0v) is 14.8. The highest BCUT2D eigenvalue weighted by Crippen LogP contribution is 2.25. The molecule has 0 spiro atoms. The third kappa shape index (κ3) is 3.25. The molecule has 2 aromatic carbocycles. The van der Waals surface area contributed by atoms with E-state index in [1.807, 2.05) is 30.3 Å². The number of H-pyrrole nitrogens is 2. The van der Waals surface area contributed by atoms with Crippen LogP contribution in [0.15, 0.2) is 58.2 Å². The van der Waals surface area contributed by atoms with Crippen molar-refractivity contribution in [2.75, 3.05) is 13.1 Å². The maximum Gasteiger partial charge on any atom is 0.323 e. The maximum absolute atomic E-state index is 12.9. The summed E-state index contributed by atoms with van der Waals surface area (Å²) < 4.78 is 33.2. The fourth-order valence-electron chi connectivity index (χ4n) is 3.20. The standard InChI is InChI=1S/C18H19N3O4S/c22-18-19-16-7-6-15(12-17(16)20-18)26(23,24)21-10-8-14(9-11-21)25-13-4-2-1-3-5-13/h1-7,12,14H,8-11H2,(H2,19,20,22). The van der Waals surface area contributed by atoms with Crippen molar-refractivity contribution in [2.24, 2.45) is 0 Å². The molecule has 1 saturated heterocycles. The van der Waals surface area contributed by atoms with Crippen molar-refractivity contribution in [2.45, 2.75) is 23.8 Å². The molecule has 0 amide bonds. The van der Waals surface area contributed by atoms with Crippen LogP contribution < -0.4 is 10.4 Å². The second-order valence-corrected chi connectivity index (χ2v) is 8.26. The van der Waals surface area contributed by atoms with E-state index in [0.29, 0.717) is 37.0 Å². The van der Waals surface area contributed by atoms with E-state index in [9.17, 15) is 13.2 Å². The normalized spacial score (nSPS) is 16.8. The number of piperidine rings is 1. The van der Waals surface area contributed by atoms with Gasteiger partial charge in [0.25, 0.3) is 0 Å². The molecule has 26 heavy (non-hydrogen) atoms. The van der Waals surface area contributed by atoms with Crippen molar-refractivity contribution in [1.82, 2.24) is 14.3 Å². The van der Waals surface area contributed by atoms with Crippen LogP contribution in [0, 0.1) is 0 Å². The van der Waals surface area contributed by atoms with Gasteiger partial charge in [-0.2, -0.15) is 4.31 Å². The van der Waals surface area contributed by atoms with E-state index in [4.69, 9.17) is 4.74 Å². The molecule has 1 aromatic heterocycles. The number of sulfonamides is 1. The van der Waals surface area contributed by atoms with E-state index in [-0.39, 0.29) is 16.7 Å². The quantitative estimate of drug-likeness (QED) is 0.732. The van der Waals surface area contributed by atoms with Crippen molar-refractivity contribution in [3.8, 4) is 5.75 Å². The van der Waals surface area contributed by atoms with Crippen molar-refractivity contribution >= 4 is 21.1 Å². The summed E-state index contributed by atoms with van der Waals surface area (Å²) in [5.41, 5.74) is 0.718. The van der Waals surface area contributed by atoms with Gasteiger partial charge in [0.1, 0.15) is 11.9 Å². The Morgan fingerprint density at radius 3 is 2.38 bits per heavy atom. The Kier molecular flexibility index (Phi) is 4.29. The number of para-hydroxylation sites is 1. The Morgan fingerprint density at radius 2 is 1.65 bits per heavy atom. The van der Waals surface area contributed by atoms with E-state index in [1.165, 1.54) is 16.4 Å². The predicted octanol–water partition coefficient (Wildman–Crippen LogP) is 2.09. The number of imidazole rings is 1. The Labute approximate surface area is 150 Å². The van der Waals surface area contributed by atoms with Gasteiger partial charge in [0.05, 0.1) is 15.9 Å². The van der Waals surface area contributed by atoms with E-state index < -0.39 is 10.0 Å². The number of rotatable bonds is 4. The molecule has 0 bridgehead atoms. The zero-order valence-electron chi connectivity index (χ0n) is 14.0. The molecule has 0 unspecified atom stereocenters. The molecular formula is C18H19N3O4S. The van der Waals surface area contributed by atoms with Gasteiger partial charge in [-0.3, -0.25) is 0 Å². The monoisotopic (exact) mass is 373 g/mol. The van der Waals surface area contributed by atoms with Gasteiger partial charge in [-0.05, 0) is 43.2 Å². The highest BCUT2D eigenvalue weighted by atomic mass is 32.2. The Balaban J connectivity index is 1.47. The van der Waals surface area contributed by atoms with Crippen LogP contribution in [-0.2, 0) is 10.0 Å². The van der Waals surface area contributed by atoms with E-state index in [2.05, 4.69) is 9.97 Å². The summed E-state index contributed by atoms with van der Waals surface area (Å²) in [5.74, 6) is 0.802. The van der Waals surface area contributed by atoms with Gasteiger partial charge in [0.15, 0.2) is 0 Å². The molecule has 0 atom stereocenters. The Hall–Kier alpha value is -2.58. The number of nitrogens with zero attached hydrogens (tertiary/aromatic N) is 1.